The zero-order valence-corrected chi connectivity index (χ0v) is 11.3. The highest BCUT2D eigenvalue weighted by molar-refractivity contribution is 5.48. The van der Waals surface area contributed by atoms with Crippen molar-refractivity contribution in [1.82, 2.24) is 0 Å². The van der Waals surface area contributed by atoms with Crippen LogP contribution >= 0.6 is 0 Å². The fourth-order valence-corrected chi connectivity index (χ4v) is 2.29. The predicted molar refractivity (Wildman–Crippen MR) is 72.7 cm³/mol. The second kappa shape index (κ2) is 7.21. The van der Waals surface area contributed by atoms with Gasteiger partial charge in [-0.15, -0.1) is 0 Å². The first kappa shape index (κ1) is 14.7. The molecule has 0 amide bonds. The molecule has 0 saturated carbocycles. The molecule has 6 heteroatoms. The molecule has 1 saturated heterocycles. The summed E-state index contributed by atoms with van der Waals surface area (Å²) in [4.78, 5) is 10.5. The average Bonchev–Trinajstić information content (AvgIpc) is 2.96. The Hall–Kier alpha value is -1.66. The Morgan fingerprint density at radius 3 is 3.00 bits per heavy atom. The molecule has 1 aliphatic heterocycles. The number of aliphatic hydroxyl groups is 1. The van der Waals surface area contributed by atoms with Gasteiger partial charge in [-0.2, -0.15) is 0 Å². The lowest BCUT2D eigenvalue weighted by atomic mass is 10.1. The summed E-state index contributed by atoms with van der Waals surface area (Å²) in [6.45, 7) is 1.04. The van der Waals surface area contributed by atoms with Crippen molar-refractivity contribution in [3.8, 4) is 5.75 Å². The van der Waals surface area contributed by atoms with Gasteiger partial charge in [0.25, 0.3) is 0 Å². The van der Waals surface area contributed by atoms with E-state index in [1.54, 1.807) is 6.07 Å². The van der Waals surface area contributed by atoms with Gasteiger partial charge in [0.15, 0.2) is 5.75 Å². The quantitative estimate of drug-likeness (QED) is 0.471. The van der Waals surface area contributed by atoms with Crippen molar-refractivity contribution in [2.75, 3.05) is 13.2 Å². The first-order valence-electron chi connectivity index (χ1n) is 6.83. The van der Waals surface area contributed by atoms with E-state index >= 15 is 0 Å². The molecule has 1 heterocycles. The highest BCUT2D eigenvalue weighted by Crippen LogP contribution is 2.28. The van der Waals surface area contributed by atoms with Gasteiger partial charge in [0, 0.05) is 12.7 Å². The largest absolute Gasteiger partial charge is 0.487 e. The number of ether oxygens (including phenoxy) is 2. The Kier molecular flexibility index (Phi) is 5.31. The number of rotatable bonds is 7. The van der Waals surface area contributed by atoms with E-state index < -0.39 is 4.92 Å². The van der Waals surface area contributed by atoms with Crippen LogP contribution < -0.4 is 4.74 Å². The van der Waals surface area contributed by atoms with Crippen LogP contribution in [0.25, 0.3) is 0 Å². The van der Waals surface area contributed by atoms with Crippen LogP contribution in [0.1, 0.15) is 31.2 Å². The number of nitro groups is 1. The van der Waals surface area contributed by atoms with Crippen LogP contribution in [0.5, 0.6) is 5.75 Å². The third-order valence-corrected chi connectivity index (χ3v) is 3.35. The molecule has 1 atom stereocenters. The lowest BCUT2D eigenvalue weighted by molar-refractivity contribution is -0.386. The van der Waals surface area contributed by atoms with Gasteiger partial charge in [-0.3, -0.25) is 10.1 Å². The van der Waals surface area contributed by atoms with Gasteiger partial charge in [-0.05, 0) is 37.3 Å². The predicted octanol–water partition coefficient (Wildman–Crippen LogP) is 2.43. The Labute approximate surface area is 117 Å². The minimum atomic E-state index is -0.491. The summed E-state index contributed by atoms with van der Waals surface area (Å²) in [5.41, 5.74) is 0.400. The second-order valence-corrected chi connectivity index (χ2v) is 4.84. The van der Waals surface area contributed by atoms with Gasteiger partial charge in [0.1, 0.15) is 0 Å². The van der Waals surface area contributed by atoms with Gasteiger partial charge in [-0.25, -0.2) is 0 Å². The van der Waals surface area contributed by atoms with E-state index in [-0.39, 0.29) is 18.0 Å². The average molecular weight is 281 g/mol. The van der Waals surface area contributed by atoms with Crippen LogP contribution in [0.3, 0.4) is 0 Å². The Bertz CT molecular complexity index is 457. The molecule has 2 rings (SSSR count). The van der Waals surface area contributed by atoms with Crippen molar-refractivity contribution in [3.05, 3.63) is 33.9 Å². The SMILES string of the molecule is O=[N+]([O-])c1cc(CO)ccc1OCCCC1CCCO1. The molecule has 1 aliphatic rings. The smallest absolute Gasteiger partial charge is 0.311 e. The minimum Gasteiger partial charge on any atom is -0.487 e. The van der Waals surface area contributed by atoms with Crippen molar-refractivity contribution in [2.45, 2.75) is 38.4 Å². The van der Waals surface area contributed by atoms with E-state index in [1.807, 2.05) is 0 Å². The molecular formula is C14H19NO5. The standard InChI is InChI=1S/C14H19NO5/c16-10-11-5-6-14(13(9-11)15(17)18)20-8-2-4-12-3-1-7-19-12/h5-6,9,12,16H,1-4,7-8,10H2. The van der Waals surface area contributed by atoms with E-state index in [0.29, 0.717) is 18.3 Å². The van der Waals surface area contributed by atoms with Gasteiger partial charge in [0.2, 0.25) is 0 Å². The number of nitrogens with zero attached hydrogens (tertiary/aromatic N) is 1. The molecule has 1 N–H and O–H groups in total. The van der Waals surface area contributed by atoms with E-state index in [4.69, 9.17) is 14.6 Å². The van der Waals surface area contributed by atoms with Crippen molar-refractivity contribution < 1.29 is 19.5 Å². The Morgan fingerprint density at radius 2 is 2.35 bits per heavy atom. The summed E-state index contributed by atoms with van der Waals surface area (Å²) < 4.78 is 11.0. The molecule has 0 bridgehead atoms. The van der Waals surface area contributed by atoms with Gasteiger partial charge < -0.3 is 14.6 Å². The van der Waals surface area contributed by atoms with E-state index in [0.717, 1.165) is 32.3 Å². The van der Waals surface area contributed by atoms with Crippen LogP contribution in [0.15, 0.2) is 18.2 Å². The molecule has 0 aliphatic carbocycles. The maximum atomic E-state index is 11.0. The third kappa shape index (κ3) is 3.91. The maximum Gasteiger partial charge on any atom is 0.311 e. The lowest BCUT2D eigenvalue weighted by Crippen LogP contribution is -2.08. The van der Waals surface area contributed by atoms with Crippen molar-refractivity contribution in [2.24, 2.45) is 0 Å². The van der Waals surface area contributed by atoms with Gasteiger partial charge in [0.05, 0.1) is 24.2 Å². The van der Waals surface area contributed by atoms with Crippen LogP contribution in [0.4, 0.5) is 5.69 Å². The summed E-state index contributed by atoms with van der Waals surface area (Å²) in [6, 6.07) is 4.51. The number of hydrogen-bond acceptors (Lipinski definition) is 5. The molecule has 6 nitrogen and oxygen atoms in total. The van der Waals surface area contributed by atoms with Crippen LogP contribution in [0, 0.1) is 10.1 Å². The summed E-state index contributed by atoms with van der Waals surface area (Å²) in [5, 5.41) is 19.9. The third-order valence-electron chi connectivity index (χ3n) is 3.35. The van der Waals surface area contributed by atoms with Crippen molar-refractivity contribution >= 4 is 5.69 Å². The van der Waals surface area contributed by atoms with Crippen LogP contribution in [-0.4, -0.2) is 29.3 Å². The molecule has 0 aromatic heterocycles. The molecule has 1 fully saturated rings. The number of aliphatic hydroxyl groups excluding tert-OH is 1. The van der Waals surface area contributed by atoms with E-state index in [2.05, 4.69) is 0 Å². The molecule has 0 spiro atoms. The Balaban J connectivity index is 1.86. The fourth-order valence-electron chi connectivity index (χ4n) is 2.29. The summed E-state index contributed by atoms with van der Waals surface area (Å²) >= 11 is 0. The Morgan fingerprint density at radius 1 is 1.50 bits per heavy atom. The molecule has 1 aromatic carbocycles. The number of hydrogen-bond donors (Lipinski definition) is 1. The zero-order chi connectivity index (χ0) is 14.4. The monoisotopic (exact) mass is 281 g/mol. The maximum absolute atomic E-state index is 11.0. The first-order valence-corrected chi connectivity index (χ1v) is 6.83. The van der Waals surface area contributed by atoms with Crippen LogP contribution in [0.2, 0.25) is 0 Å². The topological polar surface area (TPSA) is 81.8 Å². The molecule has 20 heavy (non-hydrogen) atoms. The van der Waals surface area contributed by atoms with Crippen LogP contribution in [-0.2, 0) is 11.3 Å². The molecule has 1 unspecified atom stereocenters. The fraction of sp³-hybridized carbons (Fsp3) is 0.571. The molecule has 110 valence electrons. The molecular weight excluding hydrogens is 262 g/mol. The highest BCUT2D eigenvalue weighted by Gasteiger charge is 2.17. The second-order valence-electron chi connectivity index (χ2n) is 4.84. The minimum absolute atomic E-state index is 0.103. The summed E-state index contributed by atoms with van der Waals surface area (Å²) in [6.07, 6.45) is 4.24. The summed E-state index contributed by atoms with van der Waals surface area (Å²) in [5.74, 6) is 0.250. The lowest BCUT2D eigenvalue weighted by Gasteiger charge is -2.10. The first-order chi connectivity index (χ1) is 9.70. The highest BCUT2D eigenvalue weighted by atomic mass is 16.6. The van der Waals surface area contributed by atoms with E-state index in [1.165, 1.54) is 12.1 Å². The van der Waals surface area contributed by atoms with Crippen molar-refractivity contribution in [1.29, 1.82) is 0 Å². The molecule has 1 aromatic rings. The number of nitro benzene ring substituents is 1. The molecule has 0 radical (unpaired) electrons. The van der Waals surface area contributed by atoms with E-state index in [9.17, 15) is 10.1 Å². The van der Waals surface area contributed by atoms with Gasteiger partial charge >= 0.3 is 5.69 Å². The zero-order valence-electron chi connectivity index (χ0n) is 11.3. The number of benzene rings is 1. The van der Waals surface area contributed by atoms with Crippen molar-refractivity contribution in [3.63, 3.8) is 0 Å². The summed E-state index contributed by atoms with van der Waals surface area (Å²) in [7, 11) is 0. The van der Waals surface area contributed by atoms with Gasteiger partial charge in [-0.1, -0.05) is 6.07 Å². The normalized spacial score (nSPS) is 18.1.